The van der Waals surface area contributed by atoms with Crippen molar-refractivity contribution in [2.24, 2.45) is 0 Å². The third kappa shape index (κ3) is 5.50. The molecule has 0 aliphatic carbocycles. The van der Waals surface area contributed by atoms with E-state index >= 15 is 0 Å². The first kappa shape index (κ1) is 13.7. The summed E-state index contributed by atoms with van der Waals surface area (Å²) >= 11 is 0. The van der Waals surface area contributed by atoms with Crippen LogP contribution in [0.5, 0.6) is 0 Å². The maximum absolute atomic E-state index is 11.6. The molecule has 0 saturated carbocycles. The Morgan fingerprint density at radius 3 is 2.53 bits per heavy atom. The topological polar surface area (TPSA) is 41.1 Å². The van der Waals surface area contributed by atoms with Crippen molar-refractivity contribution in [1.82, 2.24) is 10.6 Å². The minimum Gasteiger partial charge on any atom is -0.352 e. The number of carbonyl (C=O) groups is 1. The molecule has 0 fully saturated rings. The van der Waals surface area contributed by atoms with Gasteiger partial charge in [0.05, 0.1) is 0 Å². The molecule has 0 spiro atoms. The smallest absolute Gasteiger partial charge is 0.221 e. The third-order valence-electron chi connectivity index (χ3n) is 2.65. The molecule has 2 N–H and O–H groups in total. The van der Waals surface area contributed by atoms with Crippen LogP contribution >= 0.6 is 0 Å². The Balaban J connectivity index is 2.30. The summed E-state index contributed by atoms with van der Waals surface area (Å²) in [7, 11) is 0. The van der Waals surface area contributed by atoms with E-state index in [1.54, 1.807) is 0 Å². The molecule has 94 valence electrons. The van der Waals surface area contributed by atoms with Crippen LogP contribution in [0.1, 0.15) is 31.4 Å². The zero-order chi connectivity index (χ0) is 12.7. The van der Waals surface area contributed by atoms with E-state index in [-0.39, 0.29) is 11.9 Å². The molecule has 0 saturated heterocycles. The highest BCUT2D eigenvalue weighted by molar-refractivity contribution is 5.76. The fourth-order valence-corrected chi connectivity index (χ4v) is 1.68. The summed E-state index contributed by atoms with van der Waals surface area (Å²) < 4.78 is 0. The van der Waals surface area contributed by atoms with Gasteiger partial charge in [-0.05, 0) is 26.0 Å². The first-order chi connectivity index (χ1) is 8.11. The molecule has 1 amide bonds. The first-order valence-corrected chi connectivity index (χ1v) is 6.17. The molecule has 0 bridgehead atoms. The van der Waals surface area contributed by atoms with Gasteiger partial charge in [-0.25, -0.2) is 0 Å². The molecule has 0 radical (unpaired) electrons. The van der Waals surface area contributed by atoms with Crippen LogP contribution in [0.15, 0.2) is 24.3 Å². The van der Waals surface area contributed by atoms with Crippen molar-refractivity contribution in [3.8, 4) is 0 Å². The van der Waals surface area contributed by atoms with E-state index in [1.165, 1.54) is 5.56 Å². The third-order valence-corrected chi connectivity index (χ3v) is 2.65. The number of carbonyl (C=O) groups excluding carboxylic acids is 1. The number of amides is 1. The molecule has 0 aliphatic heterocycles. The standard InChI is InChI=1S/C14H22N2O/c1-4-15-12(3)9-14(17)16-10-13-7-5-11(2)6-8-13/h5-8,12,15H,4,9-10H2,1-3H3,(H,16,17). The second-order valence-corrected chi connectivity index (χ2v) is 4.43. The summed E-state index contributed by atoms with van der Waals surface area (Å²) in [5.41, 5.74) is 2.38. The Labute approximate surface area is 104 Å². The van der Waals surface area contributed by atoms with Crippen LogP contribution in [0.25, 0.3) is 0 Å². The fraction of sp³-hybridized carbons (Fsp3) is 0.500. The van der Waals surface area contributed by atoms with E-state index in [1.807, 2.05) is 26.0 Å². The Morgan fingerprint density at radius 2 is 1.94 bits per heavy atom. The summed E-state index contributed by atoms with van der Waals surface area (Å²) in [6, 6.07) is 8.44. The van der Waals surface area contributed by atoms with Gasteiger partial charge < -0.3 is 10.6 Å². The number of benzene rings is 1. The van der Waals surface area contributed by atoms with E-state index in [2.05, 4.69) is 29.7 Å². The van der Waals surface area contributed by atoms with Crippen molar-refractivity contribution in [2.45, 2.75) is 39.8 Å². The van der Waals surface area contributed by atoms with Crippen LogP contribution in [0.4, 0.5) is 0 Å². The molecule has 0 heterocycles. The van der Waals surface area contributed by atoms with Crippen molar-refractivity contribution >= 4 is 5.91 Å². The van der Waals surface area contributed by atoms with Crippen LogP contribution in [0, 0.1) is 6.92 Å². The van der Waals surface area contributed by atoms with Crippen molar-refractivity contribution in [1.29, 1.82) is 0 Å². The van der Waals surface area contributed by atoms with Gasteiger partial charge in [-0.3, -0.25) is 4.79 Å². The largest absolute Gasteiger partial charge is 0.352 e. The van der Waals surface area contributed by atoms with Gasteiger partial charge in [0.15, 0.2) is 0 Å². The van der Waals surface area contributed by atoms with E-state index in [0.717, 1.165) is 12.1 Å². The van der Waals surface area contributed by atoms with Gasteiger partial charge in [-0.15, -0.1) is 0 Å². The molecule has 3 nitrogen and oxygen atoms in total. The number of hydrogen-bond acceptors (Lipinski definition) is 2. The van der Waals surface area contributed by atoms with Gasteiger partial charge in [0, 0.05) is 19.0 Å². The van der Waals surface area contributed by atoms with Crippen molar-refractivity contribution < 1.29 is 4.79 Å². The van der Waals surface area contributed by atoms with Crippen LogP contribution in [0.2, 0.25) is 0 Å². The molecule has 17 heavy (non-hydrogen) atoms. The van der Waals surface area contributed by atoms with Gasteiger partial charge >= 0.3 is 0 Å². The van der Waals surface area contributed by atoms with E-state index < -0.39 is 0 Å². The van der Waals surface area contributed by atoms with E-state index in [0.29, 0.717) is 13.0 Å². The number of aryl methyl sites for hydroxylation is 1. The van der Waals surface area contributed by atoms with E-state index in [4.69, 9.17) is 0 Å². The quantitative estimate of drug-likeness (QED) is 0.790. The minimum absolute atomic E-state index is 0.0963. The molecular weight excluding hydrogens is 212 g/mol. The monoisotopic (exact) mass is 234 g/mol. The molecule has 1 rings (SSSR count). The summed E-state index contributed by atoms with van der Waals surface area (Å²) in [5.74, 6) is 0.0963. The van der Waals surface area contributed by atoms with Crippen LogP contribution < -0.4 is 10.6 Å². The van der Waals surface area contributed by atoms with Crippen molar-refractivity contribution in [3.05, 3.63) is 35.4 Å². The summed E-state index contributed by atoms with van der Waals surface area (Å²) in [6.45, 7) is 7.63. The van der Waals surface area contributed by atoms with Gasteiger partial charge in [0.2, 0.25) is 5.91 Å². The molecule has 1 atom stereocenters. The predicted molar refractivity (Wildman–Crippen MR) is 70.8 cm³/mol. The lowest BCUT2D eigenvalue weighted by atomic mass is 10.1. The summed E-state index contributed by atoms with van der Waals surface area (Å²) in [4.78, 5) is 11.6. The average Bonchev–Trinajstić information content (AvgIpc) is 2.28. The average molecular weight is 234 g/mol. The van der Waals surface area contributed by atoms with Crippen molar-refractivity contribution in [3.63, 3.8) is 0 Å². The number of hydrogen-bond donors (Lipinski definition) is 2. The maximum Gasteiger partial charge on any atom is 0.221 e. The summed E-state index contributed by atoms with van der Waals surface area (Å²) in [6.07, 6.45) is 0.527. The lowest BCUT2D eigenvalue weighted by Crippen LogP contribution is -2.33. The second-order valence-electron chi connectivity index (χ2n) is 4.43. The van der Waals surface area contributed by atoms with Gasteiger partial charge in [-0.1, -0.05) is 36.8 Å². The number of nitrogens with one attached hydrogen (secondary N) is 2. The Morgan fingerprint density at radius 1 is 1.29 bits per heavy atom. The zero-order valence-corrected chi connectivity index (χ0v) is 10.9. The first-order valence-electron chi connectivity index (χ1n) is 6.17. The van der Waals surface area contributed by atoms with Gasteiger partial charge in [0.1, 0.15) is 0 Å². The lowest BCUT2D eigenvalue weighted by molar-refractivity contribution is -0.121. The van der Waals surface area contributed by atoms with Gasteiger partial charge in [0.25, 0.3) is 0 Å². The van der Waals surface area contributed by atoms with Crippen molar-refractivity contribution in [2.75, 3.05) is 6.54 Å². The second kappa shape index (κ2) is 7.07. The summed E-state index contributed by atoms with van der Waals surface area (Å²) in [5, 5.41) is 6.15. The molecular formula is C14H22N2O. The predicted octanol–water partition coefficient (Wildman–Crippen LogP) is 2.00. The zero-order valence-electron chi connectivity index (χ0n) is 10.9. The van der Waals surface area contributed by atoms with Crippen LogP contribution in [-0.2, 0) is 11.3 Å². The highest BCUT2D eigenvalue weighted by Gasteiger charge is 2.06. The molecule has 1 aromatic rings. The van der Waals surface area contributed by atoms with Crippen LogP contribution in [-0.4, -0.2) is 18.5 Å². The SMILES string of the molecule is CCNC(C)CC(=O)NCc1ccc(C)cc1. The van der Waals surface area contributed by atoms with E-state index in [9.17, 15) is 4.79 Å². The Hall–Kier alpha value is -1.35. The molecule has 0 aromatic heterocycles. The van der Waals surface area contributed by atoms with Crippen LogP contribution in [0.3, 0.4) is 0 Å². The highest BCUT2D eigenvalue weighted by atomic mass is 16.1. The Kier molecular flexibility index (Phi) is 5.70. The minimum atomic E-state index is 0.0963. The normalized spacial score (nSPS) is 12.2. The molecule has 1 aromatic carbocycles. The number of rotatable bonds is 6. The fourth-order valence-electron chi connectivity index (χ4n) is 1.68. The highest BCUT2D eigenvalue weighted by Crippen LogP contribution is 2.02. The Bertz CT molecular complexity index is 346. The van der Waals surface area contributed by atoms with Gasteiger partial charge in [-0.2, -0.15) is 0 Å². The maximum atomic E-state index is 11.6. The molecule has 3 heteroatoms. The molecule has 1 unspecified atom stereocenters. The lowest BCUT2D eigenvalue weighted by Gasteiger charge is -2.12. The molecule has 0 aliphatic rings.